The molecule has 3 N–H and O–H groups in total. The summed E-state index contributed by atoms with van der Waals surface area (Å²) >= 11 is 0. The molecule has 0 aromatic carbocycles. The SMILES string of the molecule is N[C@H](F)C(=O)[C@]1(O)C=CC=CC1. The highest BCUT2D eigenvalue weighted by molar-refractivity contribution is 5.92. The summed E-state index contributed by atoms with van der Waals surface area (Å²) in [5, 5.41) is 9.50. The number of halogens is 1. The van der Waals surface area contributed by atoms with Crippen LogP contribution in [0.25, 0.3) is 0 Å². The van der Waals surface area contributed by atoms with Crippen molar-refractivity contribution >= 4 is 5.78 Å². The Kier molecular flexibility index (Phi) is 2.40. The molecular formula is C8H10FNO2. The fraction of sp³-hybridized carbons (Fsp3) is 0.375. The molecule has 0 aliphatic heterocycles. The number of hydrogen-bond donors (Lipinski definition) is 2. The molecule has 0 aromatic rings. The number of allylic oxidation sites excluding steroid dienone is 2. The summed E-state index contributed by atoms with van der Waals surface area (Å²) in [5.41, 5.74) is 2.97. The molecule has 1 rings (SSSR count). The van der Waals surface area contributed by atoms with Crippen LogP contribution in [-0.2, 0) is 4.79 Å². The lowest BCUT2D eigenvalue weighted by molar-refractivity contribution is -0.137. The normalized spacial score (nSPS) is 30.2. The maximum Gasteiger partial charge on any atom is 0.217 e. The van der Waals surface area contributed by atoms with E-state index >= 15 is 0 Å². The Hall–Kier alpha value is -1.00. The van der Waals surface area contributed by atoms with Crippen molar-refractivity contribution in [1.82, 2.24) is 0 Å². The van der Waals surface area contributed by atoms with E-state index in [1.165, 1.54) is 12.2 Å². The van der Waals surface area contributed by atoms with Crippen LogP contribution in [0.15, 0.2) is 24.3 Å². The van der Waals surface area contributed by atoms with E-state index in [4.69, 9.17) is 5.73 Å². The van der Waals surface area contributed by atoms with Gasteiger partial charge in [0.2, 0.25) is 12.1 Å². The molecule has 12 heavy (non-hydrogen) atoms. The van der Waals surface area contributed by atoms with Gasteiger partial charge in [0.15, 0.2) is 0 Å². The summed E-state index contributed by atoms with van der Waals surface area (Å²) in [7, 11) is 0. The first-order chi connectivity index (χ1) is 5.56. The predicted molar refractivity (Wildman–Crippen MR) is 41.9 cm³/mol. The van der Waals surface area contributed by atoms with Crippen molar-refractivity contribution in [3.63, 3.8) is 0 Å². The van der Waals surface area contributed by atoms with Crippen LogP contribution in [0, 0.1) is 0 Å². The van der Waals surface area contributed by atoms with E-state index in [0.29, 0.717) is 0 Å². The fourth-order valence-corrected chi connectivity index (χ4v) is 1.03. The van der Waals surface area contributed by atoms with E-state index in [1.807, 2.05) is 0 Å². The Bertz CT molecular complexity index is 247. The first-order valence-electron chi connectivity index (χ1n) is 3.57. The molecule has 0 saturated heterocycles. The first-order valence-corrected chi connectivity index (χ1v) is 3.57. The molecule has 0 saturated carbocycles. The molecule has 66 valence electrons. The number of carbonyl (C=O) groups excluding carboxylic acids is 1. The van der Waals surface area contributed by atoms with E-state index in [-0.39, 0.29) is 6.42 Å². The zero-order chi connectivity index (χ0) is 9.19. The summed E-state index contributed by atoms with van der Waals surface area (Å²) in [6.07, 6.45) is 3.95. The summed E-state index contributed by atoms with van der Waals surface area (Å²) in [5.74, 6) is -0.997. The Morgan fingerprint density at radius 3 is 2.75 bits per heavy atom. The van der Waals surface area contributed by atoms with Crippen molar-refractivity contribution in [1.29, 1.82) is 0 Å². The lowest BCUT2D eigenvalue weighted by Gasteiger charge is -2.23. The summed E-state index contributed by atoms with van der Waals surface area (Å²) in [4.78, 5) is 11.0. The standard InChI is InChI=1S/C8H10FNO2/c9-7(10)6(11)8(12)4-2-1-3-5-8/h1-4,7,12H,5,10H2/t7-,8-/m0/s1. The van der Waals surface area contributed by atoms with Crippen LogP contribution in [0.5, 0.6) is 0 Å². The average Bonchev–Trinajstić information content (AvgIpc) is 2.04. The maximum absolute atomic E-state index is 12.3. The third-order valence-electron chi connectivity index (χ3n) is 1.73. The molecule has 0 unspecified atom stereocenters. The monoisotopic (exact) mass is 171 g/mol. The number of Topliss-reactive ketones (excluding diaryl/α,β-unsaturated/α-hetero) is 1. The molecule has 0 heterocycles. The second kappa shape index (κ2) is 3.16. The van der Waals surface area contributed by atoms with Crippen LogP contribution in [-0.4, -0.2) is 22.8 Å². The third-order valence-corrected chi connectivity index (χ3v) is 1.73. The second-order valence-corrected chi connectivity index (χ2v) is 2.68. The smallest absolute Gasteiger partial charge is 0.217 e. The predicted octanol–water partition coefficient (Wildman–Crippen LogP) is 0.0570. The van der Waals surface area contributed by atoms with E-state index in [2.05, 4.69) is 0 Å². The van der Waals surface area contributed by atoms with Gasteiger partial charge in [-0.1, -0.05) is 18.2 Å². The Balaban J connectivity index is 2.79. The van der Waals surface area contributed by atoms with Crippen LogP contribution < -0.4 is 5.73 Å². The topological polar surface area (TPSA) is 63.3 Å². The minimum absolute atomic E-state index is 0.0833. The Labute approximate surface area is 69.4 Å². The minimum Gasteiger partial charge on any atom is -0.377 e. The molecule has 0 spiro atoms. The van der Waals surface area contributed by atoms with Gasteiger partial charge in [0.25, 0.3) is 0 Å². The van der Waals surface area contributed by atoms with E-state index in [0.717, 1.165) is 0 Å². The number of alkyl halides is 1. The van der Waals surface area contributed by atoms with Crippen molar-refractivity contribution in [3.05, 3.63) is 24.3 Å². The van der Waals surface area contributed by atoms with Crippen molar-refractivity contribution in [2.45, 2.75) is 18.3 Å². The fourth-order valence-electron chi connectivity index (χ4n) is 1.03. The summed E-state index contributed by atoms with van der Waals surface area (Å²) < 4.78 is 12.3. The van der Waals surface area contributed by atoms with Gasteiger partial charge in [0.1, 0.15) is 5.60 Å². The molecule has 3 nitrogen and oxygen atoms in total. The zero-order valence-electron chi connectivity index (χ0n) is 6.40. The van der Waals surface area contributed by atoms with E-state index in [1.54, 1.807) is 12.2 Å². The van der Waals surface area contributed by atoms with E-state index < -0.39 is 17.7 Å². The van der Waals surface area contributed by atoms with Gasteiger partial charge >= 0.3 is 0 Å². The van der Waals surface area contributed by atoms with Crippen molar-refractivity contribution in [2.75, 3.05) is 0 Å². The van der Waals surface area contributed by atoms with Gasteiger partial charge in [-0.3, -0.25) is 10.5 Å². The van der Waals surface area contributed by atoms with Gasteiger partial charge < -0.3 is 5.11 Å². The van der Waals surface area contributed by atoms with Gasteiger partial charge in [-0.2, -0.15) is 0 Å². The van der Waals surface area contributed by atoms with Crippen LogP contribution in [0.1, 0.15) is 6.42 Å². The minimum atomic E-state index is -2.12. The number of nitrogens with two attached hydrogens (primary N) is 1. The molecule has 2 atom stereocenters. The van der Waals surface area contributed by atoms with Gasteiger partial charge in [0.05, 0.1) is 0 Å². The first kappa shape index (κ1) is 9.09. The molecule has 0 amide bonds. The molecule has 0 aromatic heterocycles. The quantitative estimate of drug-likeness (QED) is 0.577. The third kappa shape index (κ3) is 1.60. The van der Waals surface area contributed by atoms with Gasteiger partial charge in [-0.15, -0.1) is 0 Å². The van der Waals surface area contributed by atoms with Gasteiger partial charge in [-0.25, -0.2) is 4.39 Å². The molecule has 0 radical (unpaired) electrons. The summed E-state index contributed by atoms with van der Waals surface area (Å²) in [6, 6.07) is 0. The number of carbonyl (C=O) groups is 1. The number of aliphatic hydroxyl groups is 1. The molecule has 0 fully saturated rings. The van der Waals surface area contributed by atoms with Crippen molar-refractivity contribution in [2.24, 2.45) is 5.73 Å². The number of rotatable bonds is 2. The molecular weight excluding hydrogens is 161 g/mol. The molecule has 1 aliphatic rings. The molecule has 1 aliphatic carbocycles. The average molecular weight is 171 g/mol. The van der Waals surface area contributed by atoms with Crippen LogP contribution in [0.4, 0.5) is 4.39 Å². The van der Waals surface area contributed by atoms with Crippen LogP contribution >= 0.6 is 0 Å². The highest BCUT2D eigenvalue weighted by atomic mass is 19.1. The second-order valence-electron chi connectivity index (χ2n) is 2.68. The largest absolute Gasteiger partial charge is 0.377 e. The number of ketones is 1. The lowest BCUT2D eigenvalue weighted by Crippen LogP contribution is -2.45. The number of hydrogen-bond acceptors (Lipinski definition) is 3. The lowest BCUT2D eigenvalue weighted by atomic mass is 9.90. The van der Waals surface area contributed by atoms with E-state index in [9.17, 15) is 14.3 Å². The molecule has 4 heteroatoms. The summed E-state index contributed by atoms with van der Waals surface area (Å²) in [6.45, 7) is 0. The van der Waals surface area contributed by atoms with Crippen molar-refractivity contribution in [3.8, 4) is 0 Å². The highest BCUT2D eigenvalue weighted by Gasteiger charge is 2.36. The van der Waals surface area contributed by atoms with Gasteiger partial charge in [-0.05, 0) is 6.08 Å². The maximum atomic E-state index is 12.3. The Morgan fingerprint density at radius 1 is 1.67 bits per heavy atom. The van der Waals surface area contributed by atoms with Crippen LogP contribution in [0.2, 0.25) is 0 Å². The Morgan fingerprint density at radius 2 is 2.33 bits per heavy atom. The molecule has 0 bridgehead atoms. The zero-order valence-corrected chi connectivity index (χ0v) is 6.40. The van der Waals surface area contributed by atoms with Crippen molar-refractivity contribution < 1.29 is 14.3 Å². The van der Waals surface area contributed by atoms with Crippen LogP contribution in [0.3, 0.4) is 0 Å². The van der Waals surface area contributed by atoms with Gasteiger partial charge in [0, 0.05) is 6.42 Å². The highest BCUT2D eigenvalue weighted by Crippen LogP contribution is 2.19.